The number of hydrogen-bond acceptors (Lipinski definition) is 3. The normalized spacial score (nSPS) is 10.6. The van der Waals surface area contributed by atoms with E-state index in [1.807, 2.05) is 43.3 Å². The highest BCUT2D eigenvalue weighted by atomic mass is 79.9. The summed E-state index contributed by atoms with van der Waals surface area (Å²) in [4.78, 5) is 11.8. The predicted octanol–water partition coefficient (Wildman–Crippen LogP) is 4.38. The second kappa shape index (κ2) is 7.09. The molecule has 0 aromatic heterocycles. The fourth-order valence-electron chi connectivity index (χ4n) is 1.71. The zero-order valence-corrected chi connectivity index (χ0v) is 13.4. The fraction of sp³-hybridized carbons (Fsp3) is 0.118. The molecular formula is C17H15BrO3. The van der Waals surface area contributed by atoms with Gasteiger partial charge in [0.2, 0.25) is 0 Å². The quantitative estimate of drug-likeness (QED) is 0.468. The molecule has 0 N–H and O–H groups in total. The van der Waals surface area contributed by atoms with Crippen molar-refractivity contribution in [2.45, 2.75) is 6.92 Å². The Hall–Kier alpha value is -2.07. The van der Waals surface area contributed by atoms with Crippen molar-refractivity contribution in [3.05, 3.63) is 64.1 Å². The van der Waals surface area contributed by atoms with Gasteiger partial charge in [0.05, 0.1) is 11.6 Å². The Morgan fingerprint density at radius 3 is 2.48 bits per heavy atom. The van der Waals surface area contributed by atoms with Crippen molar-refractivity contribution in [3.8, 4) is 11.5 Å². The molecule has 2 aromatic rings. The molecule has 0 bridgehead atoms. The number of carbonyl (C=O) groups is 1. The first-order valence-corrected chi connectivity index (χ1v) is 7.18. The van der Waals surface area contributed by atoms with Gasteiger partial charge in [-0.3, -0.25) is 0 Å². The Kier molecular flexibility index (Phi) is 5.17. The molecule has 0 fully saturated rings. The van der Waals surface area contributed by atoms with Crippen LogP contribution in [0.3, 0.4) is 0 Å². The van der Waals surface area contributed by atoms with Crippen LogP contribution in [0.4, 0.5) is 0 Å². The lowest BCUT2D eigenvalue weighted by molar-refractivity contribution is -0.128. The molecule has 0 saturated carbocycles. The van der Waals surface area contributed by atoms with E-state index < -0.39 is 5.97 Å². The highest BCUT2D eigenvalue weighted by molar-refractivity contribution is 9.10. The van der Waals surface area contributed by atoms with E-state index >= 15 is 0 Å². The molecule has 2 aromatic carbocycles. The van der Waals surface area contributed by atoms with Crippen molar-refractivity contribution in [3.63, 3.8) is 0 Å². The second-order valence-corrected chi connectivity index (χ2v) is 5.32. The molecule has 0 saturated heterocycles. The van der Waals surface area contributed by atoms with E-state index in [-0.39, 0.29) is 0 Å². The predicted molar refractivity (Wildman–Crippen MR) is 86.5 cm³/mol. The smallest absolute Gasteiger partial charge is 0.336 e. The zero-order chi connectivity index (χ0) is 15.2. The number of rotatable bonds is 4. The van der Waals surface area contributed by atoms with Crippen molar-refractivity contribution in [2.75, 3.05) is 7.11 Å². The third-order valence-corrected chi connectivity index (χ3v) is 3.45. The maximum absolute atomic E-state index is 11.8. The molecule has 0 aliphatic carbocycles. The van der Waals surface area contributed by atoms with Crippen LogP contribution in [0, 0.1) is 6.92 Å². The number of benzene rings is 2. The molecule has 0 aliphatic rings. The van der Waals surface area contributed by atoms with Gasteiger partial charge in [0.25, 0.3) is 0 Å². The molecule has 108 valence electrons. The van der Waals surface area contributed by atoms with Crippen molar-refractivity contribution in [1.29, 1.82) is 0 Å². The van der Waals surface area contributed by atoms with E-state index in [0.717, 1.165) is 21.3 Å². The molecule has 0 heterocycles. The van der Waals surface area contributed by atoms with Gasteiger partial charge >= 0.3 is 5.97 Å². The third kappa shape index (κ3) is 4.46. The van der Waals surface area contributed by atoms with Gasteiger partial charge in [0.15, 0.2) is 0 Å². The fourth-order valence-corrected chi connectivity index (χ4v) is 2.28. The van der Waals surface area contributed by atoms with E-state index in [2.05, 4.69) is 15.9 Å². The maximum Gasteiger partial charge on any atom is 0.336 e. The lowest BCUT2D eigenvalue weighted by Gasteiger charge is -2.04. The first-order chi connectivity index (χ1) is 10.1. The lowest BCUT2D eigenvalue weighted by Crippen LogP contribution is -2.04. The van der Waals surface area contributed by atoms with Crippen molar-refractivity contribution in [2.24, 2.45) is 0 Å². The molecule has 0 spiro atoms. The SMILES string of the molecule is COc1ccc(/C=C/C(=O)Oc2ccc(C)cc2Br)cc1. The minimum Gasteiger partial charge on any atom is -0.497 e. The van der Waals surface area contributed by atoms with Crippen LogP contribution in [0.5, 0.6) is 11.5 Å². The highest BCUT2D eigenvalue weighted by Gasteiger charge is 2.05. The van der Waals surface area contributed by atoms with Gasteiger partial charge in [-0.05, 0) is 64.3 Å². The molecule has 0 radical (unpaired) electrons. The lowest BCUT2D eigenvalue weighted by atomic mass is 10.2. The van der Waals surface area contributed by atoms with Crippen LogP contribution in [0.2, 0.25) is 0 Å². The summed E-state index contributed by atoms with van der Waals surface area (Å²) in [6.45, 7) is 1.97. The van der Waals surface area contributed by atoms with Gasteiger partial charge in [0, 0.05) is 6.08 Å². The summed E-state index contributed by atoms with van der Waals surface area (Å²) in [6, 6.07) is 13.0. The van der Waals surface area contributed by atoms with Gasteiger partial charge in [-0.15, -0.1) is 0 Å². The number of ether oxygens (including phenoxy) is 2. The first kappa shape index (κ1) is 15.3. The van der Waals surface area contributed by atoms with Gasteiger partial charge in [0.1, 0.15) is 11.5 Å². The minimum atomic E-state index is -0.421. The Morgan fingerprint density at radius 2 is 1.86 bits per heavy atom. The second-order valence-electron chi connectivity index (χ2n) is 4.46. The number of carbonyl (C=O) groups excluding carboxylic acids is 1. The summed E-state index contributed by atoms with van der Waals surface area (Å²) in [7, 11) is 1.61. The molecule has 0 atom stereocenters. The van der Waals surface area contributed by atoms with E-state index in [1.54, 1.807) is 19.3 Å². The molecule has 0 unspecified atom stereocenters. The Morgan fingerprint density at radius 1 is 1.14 bits per heavy atom. The number of esters is 1. The van der Waals surface area contributed by atoms with Crippen LogP contribution in [0.25, 0.3) is 6.08 Å². The molecule has 0 aliphatic heterocycles. The Labute approximate surface area is 132 Å². The third-order valence-electron chi connectivity index (χ3n) is 2.83. The highest BCUT2D eigenvalue weighted by Crippen LogP contribution is 2.26. The zero-order valence-electron chi connectivity index (χ0n) is 11.8. The number of hydrogen-bond donors (Lipinski definition) is 0. The first-order valence-electron chi connectivity index (χ1n) is 6.38. The Balaban J connectivity index is 2.01. The molecule has 0 amide bonds. The van der Waals surface area contributed by atoms with Crippen LogP contribution < -0.4 is 9.47 Å². The van der Waals surface area contributed by atoms with Gasteiger partial charge in [-0.25, -0.2) is 4.79 Å². The summed E-state index contributed by atoms with van der Waals surface area (Å²) >= 11 is 3.37. The van der Waals surface area contributed by atoms with E-state index in [4.69, 9.17) is 9.47 Å². The number of halogens is 1. The monoisotopic (exact) mass is 346 g/mol. The summed E-state index contributed by atoms with van der Waals surface area (Å²) in [5.74, 6) is 0.860. The van der Waals surface area contributed by atoms with E-state index in [0.29, 0.717) is 5.75 Å². The van der Waals surface area contributed by atoms with Crippen molar-refractivity contribution in [1.82, 2.24) is 0 Å². The Bertz CT molecular complexity index is 660. The average molecular weight is 347 g/mol. The van der Waals surface area contributed by atoms with Crippen LogP contribution in [0.1, 0.15) is 11.1 Å². The van der Waals surface area contributed by atoms with Crippen LogP contribution in [-0.2, 0) is 4.79 Å². The van der Waals surface area contributed by atoms with Crippen LogP contribution in [0.15, 0.2) is 53.0 Å². The van der Waals surface area contributed by atoms with Gasteiger partial charge < -0.3 is 9.47 Å². The maximum atomic E-state index is 11.8. The standard InChI is InChI=1S/C17H15BrO3/c1-12-3-9-16(15(18)11-12)21-17(19)10-6-13-4-7-14(20-2)8-5-13/h3-11H,1-2H3/b10-6+. The van der Waals surface area contributed by atoms with Crippen molar-refractivity contribution < 1.29 is 14.3 Å². The van der Waals surface area contributed by atoms with E-state index in [1.165, 1.54) is 6.08 Å². The number of methoxy groups -OCH3 is 1. The largest absolute Gasteiger partial charge is 0.497 e. The van der Waals surface area contributed by atoms with Gasteiger partial charge in [-0.2, -0.15) is 0 Å². The topological polar surface area (TPSA) is 35.5 Å². The summed E-state index contributed by atoms with van der Waals surface area (Å²) in [6.07, 6.45) is 3.10. The van der Waals surface area contributed by atoms with Crippen LogP contribution >= 0.6 is 15.9 Å². The molecule has 21 heavy (non-hydrogen) atoms. The summed E-state index contributed by atoms with van der Waals surface area (Å²) in [5, 5.41) is 0. The molecular weight excluding hydrogens is 332 g/mol. The average Bonchev–Trinajstić information content (AvgIpc) is 2.48. The number of aryl methyl sites for hydroxylation is 1. The molecule has 3 nitrogen and oxygen atoms in total. The minimum absolute atomic E-state index is 0.421. The van der Waals surface area contributed by atoms with Crippen LogP contribution in [-0.4, -0.2) is 13.1 Å². The van der Waals surface area contributed by atoms with E-state index in [9.17, 15) is 4.79 Å². The summed E-state index contributed by atoms with van der Waals surface area (Å²) in [5.41, 5.74) is 1.99. The van der Waals surface area contributed by atoms with Gasteiger partial charge in [-0.1, -0.05) is 18.2 Å². The molecule has 2 rings (SSSR count). The molecule has 4 heteroatoms. The van der Waals surface area contributed by atoms with Crippen molar-refractivity contribution >= 4 is 28.0 Å². The summed E-state index contributed by atoms with van der Waals surface area (Å²) < 4.78 is 11.1.